The second-order valence-electron chi connectivity index (χ2n) is 7.47. The van der Waals surface area contributed by atoms with E-state index in [2.05, 4.69) is 4.74 Å². The van der Waals surface area contributed by atoms with Gasteiger partial charge in [0.2, 0.25) is 10.0 Å². The molecular weight excluding hydrogens is 430 g/mol. The summed E-state index contributed by atoms with van der Waals surface area (Å²) in [5.41, 5.74) is 2.11. The molecular formula is C24H27NO4S2. The third-order valence-corrected chi connectivity index (χ3v) is 8.01. The third-order valence-electron chi connectivity index (χ3n) is 5.17. The van der Waals surface area contributed by atoms with Crippen molar-refractivity contribution in [2.24, 2.45) is 5.92 Å². The van der Waals surface area contributed by atoms with Crippen LogP contribution in [0.1, 0.15) is 17.5 Å². The number of hydrogen-bond donors (Lipinski definition) is 0. The van der Waals surface area contributed by atoms with E-state index in [1.54, 1.807) is 34.3 Å². The molecule has 1 aliphatic heterocycles. The van der Waals surface area contributed by atoms with Crippen molar-refractivity contribution >= 4 is 33.8 Å². The zero-order valence-corrected chi connectivity index (χ0v) is 19.3. The minimum absolute atomic E-state index is 0.0389. The van der Waals surface area contributed by atoms with Gasteiger partial charge in [0, 0.05) is 24.4 Å². The Balaban J connectivity index is 1.75. The molecule has 0 unspecified atom stereocenters. The van der Waals surface area contributed by atoms with Gasteiger partial charge in [-0.25, -0.2) is 13.2 Å². The summed E-state index contributed by atoms with van der Waals surface area (Å²) >= 11 is 1.59. The van der Waals surface area contributed by atoms with E-state index in [4.69, 9.17) is 0 Å². The first-order valence-electron chi connectivity index (χ1n) is 10.1. The smallest absolute Gasteiger partial charge is 0.330 e. The minimum atomic E-state index is -3.63. The monoisotopic (exact) mass is 457 g/mol. The van der Waals surface area contributed by atoms with Crippen LogP contribution in [0, 0.1) is 12.8 Å². The normalized spacial score (nSPS) is 19.9. The quantitative estimate of drug-likeness (QED) is 0.431. The van der Waals surface area contributed by atoms with Crippen molar-refractivity contribution in [3.8, 4) is 0 Å². The van der Waals surface area contributed by atoms with Crippen LogP contribution in [0.2, 0.25) is 0 Å². The molecule has 3 rings (SSSR count). The van der Waals surface area contributed by atoms with E-state index in [0.717, 1.165) is 11.1 Å². The molecule has 0 bridgehead atoms. The number of esters is 1. The maximum Gasteiger partial charge on any atom is 0.330 e. The van der Waals surface area contributed by atoms with Gasteiger partial charge in [0.15, 0.2) is 0 Å². The molecule has 7 heteroatoms. The van der Waals surface area contributed by atoms with Crippen LogP contribution >= 0.6 is 11.8 Å². The number of aryl methyl sites for hydroxylation is 1. The zero-order valence-electron chi connectivity index (χ0n) is 17.7. The maximum absolute atomic E-state index is 13.3. The summed E-state index contributed by atoms with van der Waals surface area (Å²) in [6.45, 7) is 2.27. The number of rotatable bonds is 8. The molecule has 0 spiro atoms. The Morgan fingerprint density at radius 1 is 1.16 bits per heavy atom. The molecule has 2 aromatic carbocycles. The van der Waals surface area contributed by atoms with Gasteiger partial charge < -0.3 is 4.74 Å². The molecule has 0 aromatic heterocycles. The molecule has 0 saturated carbocycles. The third kappa shape index (κ3) is 6.32. The van der Waals surface area contributed by atoms with Crippen LogP contribution < -0.4 is 0 Å². The zero-order chi connectivity index (χ0) is 22.3. The number of thioether (sulfide) groups is 1. The molecule has 164 valence electrons. The van der Waals surface area contributed by atoms with Crippen LogP contribution in [0.4, 0.5) is 0 Å². The Morgan fingerprint density at radius 3 is 2.55 bits per heavy atom. The standard InChI is InChI=1S/C24H27NO4S2/c1-19-8-11-23(12-9-19)31(27,28)25-17-21(10-13-24(26)29-2)16-22(25)18-30-15-14-20-6-4-3-5-7-20/h3-15,21-22H,16-18H2,1-2H3/b13-10+,15-14+/t21-,22-/m0/s1. The molecule has 2 atom stereocenters. The van der Waals surface area contributed by atoms with Crippen LogP contribution in [-0.2, 0) is 19.6 Å². The lowest BCUT2D eigenvalue weighted by Gasteiger charge is -2.23. The van der Waals surface area contributed by atoms with Crippen molar-refractivity contribution in [2.45, 2.75) is 24.3 Å². The number of hydrogen-bond acceptors (Lipinski definition) is 5. The van der Waals surface area contributed by atoms with Crippen LogP contribution in [0.15, 0.2) is 77.1 Å². The van der Waals surface area contributed by atoms with Crippen molar-refractivity contribution in [3.63, 3.8) is 0 Å². The molecule has 0 radical (unpaired) electrons. The largest absolute Gasteiger partial charge is 0.466 e. The minimum Gasteiger partial charge on any atom is -0.466 e. The van der Waals surface area contributed by atoms with Gasteiger partial charge in [-0.05, 0) is 48.4 Å². The molecule has 1 fully saturated rings. The first-order valence-corrected chi connectivity index (χ1v) is 12.6. The highest BCUT2D eigenvalue weighted by molar-refractivity contribution is 8.02. The summed E-state index contributed by atoms with van der Waals surface area (Å²) < 4.78 is 32.9. The van der Waals surface area contributed by atoms with Gasteiger partial charge in [0.25, 0.3) is 0 Å². The van der Waals surface area contributed by atoms with Gasteiger partial charge in [0.05, 0.1) is 12.0 Å². The SMILES string of the molecule is COC(=O)/C=C/[C@H]1C[C@@H](CS/C=C/c2ccccc2)N(S(=O)(=O)c2ccc(C)cc2)C1. The second-order valence-corrected chi connectivity index (χ2v) is 10.3. The molecule has 0 aliphatic carbocycles. The van der Waals surface area contributed by atoms with Gasteiger partial charge in [-0.1, -0.05) is 54.1 Å². The predicted octanol–water partition coefficient (Wildman–Crippen LogP) is 4.51. The van der Waals surface area contributed by atoms with Gasteiger partial charge in [-0.15, -0.1) is 11.8 Å². The lowest BCUT2D eigenvalue weighted by atomic mass is 10.1. The Morgan fingerprint density at radius 2 is 1.87 bits per heavy atom. The lowest BCUT2D eigenvalue weighted by Crippen LogP contribution is -2.37. The van der Waals surface area contributed by atoms with Crippen molar-refractivity contribution in [2.75, 3.05) is 19.4 Å². The molecule has 5 nitrogen and oxygen atoms in total. The molecule has 1 aliphatic rings. The highest BCUT2D eigenvalue weighted by atomic mass is 32.2. The summed E-state index contributed by atoms with van der Waals surface area (Å²) in [7, 11) is -2.30. The summed E-state index contributed by atoms with van der Waals surface area (Å²) in [5.74, 6) is 0.163. The predicted molar refractivity (Wildman–Crippen MR) is 126 cm³/mol. The van der Waals surface area contributed by atoms with Crippen LogP contribution in [0.5, 0.6) is 0 Å². The average molecular weight is 458 g/mol. The van der Waals surface area contributed by atoms with E-state index in [9.17, 15) is 13.2 Å². The highest BCUT2D eigenvalue weighted by Crippen LogP contribution is 2.32. The molecule has 1 heterocycles. The maximum atomic E-state index is 13.3. The lowest BCUT2D eigenvalue weighted by molar-refractivity contribution is -0.134. The Labute approximate surface area is 188 Å². The first-order chi connectivity index (χ1) is 14.9. The van der Waals surface area contributed by atoms with E-state index < -0.39 is 16.0 Å². The summed E-state index contributed by atoms with van der Waals surface area (Å²) in [4.78, 5) is 11.8. The Kier molecular flexibility index (Phi) is 8.12. The van der Waals surface area contributed by atoms with Gasteiger partial charge in [0.1, 0.15) is 0 Å². The average Bonchev–Trinajstić information content (AvgIpc) is 3.20. The Hall–Kier alpha value is -2.35. The highest BCUT2D eigenvalue weighted by Gasteiger charge is 2.39. The number of methoxy groups -OCH3 is 1. The summed E-state index contributed by atoms with van der Waals surface area (Å²) in [6.07, 6.45) is 5.82. The fraction of sp³-hybridized carbons (Fsp3) is 0.292. The number of ether oxygens (including phenoxy) is 1. The van der Waals surface area contributed by atoms with E-state index in [1.807, 2.05) is 60.9 Å². The van der Waals surface area contributed by atoms with Crippen molar-refractivity contribution in [1.82, 2.24) is 4.31 Å². The van der Waals surface area contributed by atoms with Crippen molar-refractivity contribution in [3.05, 3.63) is 83.3 Å². The van der Waals surface area contributed by atoms with Crippen LogP contribution in [0.3, 0.4) is 0 Å². The molecule has 2 aromatic rings. The van der Waals surface area contributed by atoms with Gasteiger partial charge in [-0.2, -0.15) is 4.31 Å². The first kappa shape index (κ1) is 23.3. The molecule has 0 amide bonds. The topological polar surface area (TPSA) is 63.7 Å². The van der Waals surface area contributed by atoms with Gasteiger partial charge >= 0.3 is 5.97 Å². The summed E-state index contributed by atoms with van der Waals surface area (Å²) in [5, 5.41) is 2.00. The molecule has 1 saturated heterocycles. The number of carbonyl (C=O) groups is 1. The number of nitrogens with zero attached hydrogens (tertiary/aromatic N) is 1. The number of carbonyl (C=O) groups excluding carboxylic acids is 1. The van der Waals surface area contributed by atoms with E-state index in [-0.39, 0.29) is 12.0 Å². The van der Waals surface area contributed by atoms with E-state index >= 15 is 0 Å². The summed E-state index contributed by atoms with van der Waals surface area (Å²) in [6, 6.07) is 16.7. The number of sulfonamides is 1. The fourth-order valence-electron chi connectivity index (χ4n) is 3.49. The number of benzene rings is 2. The van der Waals surface area contributed by atoms with Crippen LogP contribution in [-0.4, -0.2) is 44.1 Å². The molecule has 31 heavy (non-hydrogen) atoms. The second kappa shape index (κ2) is 10.8. The van der Waals surface area contributed by atoms with Crippen LogP contribution in [0.25, 0.3) is 6.08 Å². The van der Waals surface area contributed by atoms with E-state index in [0.29, 0.717) is 23.6 Å². The molecule has 0 N–H and O–H groups in total. The van der Waals surface area contributed by atoms with Crippen molar-refractivity contribution in [1.29, 1.82) is 0 Å². The van der Waals surface area contributed by atoms with Crippen molar-refractivity contribution < 1.29 is 17.9 Å². The van der Waals surface area contributed by atoms with E-state index in [1.165, 1.54) is 13.2 Å². The van der Waals surface area contributed by atoms with Gasteiger partial charge in [-0.3, -0.25) is 0 Å². The Bertz CT molecular complexity index is 1030. The fourth-order valence-corrected chi connectivity index (χ4v) is 6.18.